The van der Waals surface area contributed by atoms with Gasteiger partial charge in [0.25, 0.3) is 5.56 Å². The number of aromatic nitrogens is 1. The summed E-state index contributed by atoms with van der Waals surface area (Å²) in [6.45, 7) is 7.08. The van der Waals surface area contributed by atoms with Crippen molar-refractivity contribution in [1.29, 1.82) is 0 Å². The topological polar surface area (TPSA) is 70.0 Å². The maximum absolute atomic E-state index is 12.9. The predicted molar refractivity (Wildman–Crippen MR) is 137 cm³/mol. The summed E-state index contributed by atoms with van der Waals surface area (Å²) < 4.78 is 18.8. The first-order valence-corrected chi connectivity index (χ1v) is 12.1. The van der Waals surface area contributed by atoms with Crippen LogP contribution in [-0.4, -0.2) is 48.8 Å². The van der Waals surface area contributed by atoms with Crippen molar-refractivity contribution in [1.82, 2.24) is 9.47 Å². The molecule has 0 bridgehead atoms. The Kier molecular flexibility index (Phi) is 8.05. The van der Waals surface area contributed by atoms with Crippen LogP contribution in [0.5, 0.6) is 11.5 Å². The lowest BCUT2D eigenvalue weighted by atomic mass is 10.1. The monoisotopic (exact) mass is 486 g/mol. The number of methoxy groups -OCH3 is 2. The fraction of sp³-hybridized carbons (Fsp3) is 0.462. The van der Waals surface area contributed by atoms with E-state index in [2.05, 4.69) is 4.90 Å². The zero-order valence-electron chi connectivity index (χ0n) is 21.1. The second kappa shape index (κ2) is 10.6. The van der Waals surface area contributed by atoms with Crippen LogP contribution in [0, 0.1) is 0 Å². The highest BCUT2D eigenvalue weighted by atomic mass is 32.1. The molecule has 0 spiro atoms. The number of benzene rings is 1. The van der Waals surface area contributed by atoms with Gasteiger partial charge in [-0.25, -0.2) is 0 Å². The van der Waals surface area contributed by atoms with Gasteiger partial charge in [0.1, 0.15) is 5.60 Å². The largest absolute Gasteiger partial charge is 0.493 e. The third kappa shape index (κ3) is 6.18. The quantitative estimate of drug-likeness (QED) is 0.403. The zero-order valence-corrected chi connectivity index (χ0v) is 21.9. The smallest absolute Gasteiger partial charge is 0.306 e. The van der Waals surface area contributed by atoms with Crippen molar-refractivity contribution in [2.45, 2.75) is 45.8 Å². The van der Waals surface area contributed by atoms with Crippen LogP contribution >= 0.6 is 11.3 Å². The zero-order chi connectivity index (χ0) is 25.0. The lowest BCUT2D eigenvalue weighted by Crippen LogP contribution is -2.25. The third-order valence-corrected chi connectivity index (χ3v) is 6.52. The van der Waals surface area contributed by atoms with Gasteiger partial charge >= 0.3 is 5.97 Å². The number of carbonyl (C=O) groups is 1. The summed E-state index contributed by atoms with van der Waals surface area (Å²) in [5.74, 6) is 1.13. The number of hydrogen-bond acceptors (Lipinski definition) is 7. The average molecular weight is 487 g/mol. The minimum absolute atomic E-state index is 0.0192. The van der Waals surface area contributed by atoms with E-state index >= 15 is 0 Å². The van der Waals surface area contributed by atoms with E-state index < -0.39 is 5.60 Å². The van der Waals surface area contributed by atoms with E-state index in [1.165, 1.54) is 0 Å². The van der Waals surface area contributed by atoms with Gasteiger partial charge in [-0.05, 0) is 64.5 Å². The Morgan fingerprint density at radius 3 is 2.47 bits per heavy atom. The van der Waals surface area contributed by atoms with E-state index in [0.717, 1.165) is 33.7 Å². The molecule has 0 aliphatic carbocycles. The molecule has 2 heterocycles. The molecule has 0 radical (unpaired) electrons. The molecule has 0 amide bonds. The van der Waals surface area contributed by atoms with Gasteiger partial charge in [-0.15, -0.1) is 11.3 Å². The fourth-order valence-electron chi connectivity index (χ4n) is 3.82. The highest BCUT2D eigenvalue weighted by molar-refractivity contribution is 7.19. The molecule has 0 saturated carbocycles. The van der Waals surface area contributed by atoms with Gasteiger partial charge in [-0.2, -0.15) is 0 Å². The Morgan fingerprint density at radius 1 is 1.12 bits per heavy atom. The molecule has 0 N–H and O–H groups in total. The highest BCUT2D eigenvalue weighted by Gasteiger charge is 2.17. The first-order valence-electron chi connectivity index (χ1n) is 11.3. The standard InChI is InChI=1S/C26H34N2O5S/c1-26(2,3)33-23(29)9-8-12-27(4)15-18-14-19-24(34-18)20(16-28(5)25(19)30)17-10-11-21(31-6)22(13-17)32-7/h10-11,13-14,16H,8-9,12,15H2,1-7H3. The van der Waals surface area contributed by atoms with Gasteiger partial charge in [0.2, 0.25) is 0 Å². The van der Waals surface area contributed by atoms with Crippen molar-refractivity contribution in [3.05, 3.63) is 45.7 Å². The maximum Gasteiger partial charge on any atom is 0.306 e. The van der Waals surface area contributed by atoms with Crippen molar-refractivity contribution < 1.29 is 19.0 Å². The normalized spacial score (nSPS) is 11.8. The molecule has 0 fully saturated rings. The number of fused-ring (bicyclic) bond motifs is 1. The molecule has 2 aromatic heterocycles. The molecule has 8 heteroatoms. The number of esters is 1. The van der Waals surface area contributed by atoms with Crippen LogP contribution in [-0.2, 0) is 23.1 Å². The average Bonchev–Trinajstić information content (AvgIpc) is 3.18. The second-order valence-electron chi connectivity index (χ2n) is 9.41. The molecule has 0 aliphatic rings. The molecule has 34 heavy (non-hydrogen) atoms. The minimum Gasteiger partial charge on any atom is -0.493 e. The van der Waals surface area contributed by atoms with E-state index in [1.807, 2.05) is 58.3 Å². The number of rotatable bonds is 9. The third-order valence-electron chi connectivity index (χ3n) is 5.36. The van der Waals surface area contributed by atoms with Gasteiger partial charge in [0, 0.05) is 41.4 Å². The number of ether oxygens (including phenoxy) is 3. The summed E-state index contributed by atoms with van der Waals surface area (Å²) in [6.07, 6.45) is 2.98. The lowest BCUT2D eigenvalue weighted by molar-refractivity contribution is -0.154. The van der Waals surface area contributed by atoms with Crippen LogP contribution in [0.4, 0.5) is 0 Å². The second-order valence-corrected chi connectivity index (χ2v) is 10.5. The molecule has 7 nitrogen and oxygen atoms in total. The SMILES string of the molecule is COc1ccc(-c2cn(C)c(=O)c3cc(CN(C)CCCC(=O)OC(C)(C)C)sc23)cc1OC. The summed E-state index contributed by atoms with van der Waals surface area (Å²) in [4.78, 5) is 28.1. The van der Waals surface area contributed by atoms with Crippen LogP contribution in [0.3, 0.4) is 0 Å². The van der Waals surface area contributed by atoms with Crippen LogP contribution in [0.15, 0.2) is 35.3 Å². The molecule has 0 saturated heterocycles. The Hall–Kier alpha value is -2.84. The van der Waals surface area contributed by atoms with Crippen molar-refractivity contribution in [3.8, 4) is 22.6 Å². The molecule has 3 aromatic rings. The Balaban J connectivity index is 1.81. The maximum atomic E-state index is 12.9. The van der Waals surface area contributed by atoms with Crippen LogP contribution < -0.4 is 15.0 Å². The Morgan fingerprint density at radius 2 is 1.82 bits per heavy atom. The van der Waals surface area contributed by atoms with Gasteiger partial charge in [0.05, 0.1) is 19.6 Å². The van der Waals surface area contributed by atoms with E-state index in [0.29, 0.717) is 29.9 Å². The molecule has 1 aromatic carbocycles. The van der Waals surface area contributed by atoms with Crippen molar-refractivity contribution in [2.24, 2.45) is 7.05 Å². The fourth-order valence-corrected chi connectivity index (χ4v) is 5.08. The highest BCUT2D eigenvalue weighted by Crippen LogP contribution is 2.37. The molecule has 0 unspecified atom stereocenters. The number of hydrogen-bond donors (Lipinski definition) is 0. The summed E-state index contributed by atoms with van der Waals surface area (Å²) >= 11 is 1.62. The van der Waals surface area contributed by atoms with E-state index in [-0.39, 0.29) is 11.5 Å². The summed E-state index contributed by atoms with van der Waals surface area (Å²) in [5, 5.41) is 0.705. The Bertz CT molecular complexity index is 1220. The van der Waals surface area contributed by atoms with Crippen LogP contribution in [0.1, 0.15) is 38.5 Å². The molecular formula is C26H34N2O5S. The minimum atomic E-state index is -0.460. The first kappa shape index (κ1) is 25.8. The lowest BCUT2D eigenvalue weighted by Gasteiger charge is -2.20. The Labute approximate surface area is 204 Å². The molecule has 0 atom stereocenters. The number of pyridine rings is 1. The van der Waals surface area contributed by atoms with E-state index in [4.69, 9.17) is 14.2 Å². The summed E-state index contributed by atoms with van der Waals surface area (Å²) in [7, 11) is 7.01. The first-order chi connectivity index (χ1) is 16.0. The number of nitrogens with zero attached hydrogens (tertiary/aromatic N) is 2. The van der Waals surface area contributed by atoms with Gasteiger partial charge in [-0.3, -0.25) is 9.59 Å². The van der Waals surface area contributed by atoms with Crippen molar-refractivity contribution >= 4 is 27.4 Å². The molecular weight excluding hydrogens is 452 g/mol. The van der Waals surface area contributed by atoms with Crippen molar-refractivity contribution in [3.63, 3.8) is 0 Å². The van der Waals surface area contributed by atoms with Crippen LogP contribution in [0.25, 0.3) is 21.2 Å². The number of carbonyl (C=O) groups excluding carboxylic acids is 1. The molecule has 3 rings (SSSR count). The molecule has 184 valence electrons. The van der Waals surface area contributed by atoms with Crippen LogP contribution in [0.2, 0.25) is 0 Å². The van der Waals surface area contributed by atoms with Gasteiger partial charge in [-0.1, -0.05) is 6.07 Å². The summed E-state index contributed by atoms with van der Waals surface area (Å²) in [5.41, 5.74) is 1.45. The van der Waals surface area contributed by atoms with E-state index in [9.17, 15) is 9.59 Å². The summed E-state index contributed by atoms with van der Waals surface area (Å²) in [6, 6.07) is 7.76. The van der Waals surface area contributed by atoms with Gasteiger partial charge < -0.3 is 23.7 Å². The van der Waals surface area contributed by atoms with E-state index in [1.54, 1.807) is 37.2 Å². The van der Waals surface area contributed by atoms with Crippen molar-refractivity contribution in [2.75, 3.05) is 27.8 Å². The number of aryl methyl sites for hydroxylation is 1. The van der Waals surface area contributed by atoms with Gasteiger partial charge in [0.15, 0.2) is 11.5 Å². The number of thiophene rings is 1. The molecule has 0 aliphatic heterocycles. The predicted octanol–water partition coefficient (Wildman–Crippen LogP) is 4.84.